The predicted molar refractivity (Wildman–Crippen MR) is 89.5 cm³/mol. The van der Waals surface area contributed by atoms with Crippen LogP contribution in [0.4, 0.5) is 5.69 Å². The molecule has 0 amide bonds. The van der Waals surface area contributed by atoms with E-state index in [0.29, 0.717) is 17.0 Å². The number of benzene rings is 2. The molecule has 0 aliphatic carbocycles. The van der Waals surface area contributed by atoms with Gasteiger partial charge in [0.25, 0.3) is 10.0 Å². The van der Waals surface area contributed by atoms with Gasteiger partial charge in [-0.3, -0.25) is 9.52 Å². The molecule has 0 fully saturated rings. The van der Waals surface area contributed by atoms with Gasteiger partial charge in [-0.15, -0.1) is 0 Å². The summed E-state index contributed by atoms with van der Waals surface area (Å²) in [6.45, 7) is 5.23. The molecule has 0 aliphatic rings. The molecule has 0 aliphatic heterocycles. The van der Waals surface area contributed by atoms with Gasteiger partial charge >= 0.3 is 0 Å². The maximum atomic E-state index is 12.4. The summed E-state index contributed by atoms with van der Waals surface area (Å²) in [5, 5.41) is 0. The molecule has 2 aromatic rings. The van der Waals surface area contributed by atoms with Crippen LogP contribution in [0, 0.1) is 0 Å². The molecule has 5 nitrogen and oxygen atoms in total. The van der Waals surface area contributed by atoms with Crippen molar-refractivity contribution < 1.29 is 17.9 Å². The first kappa shape index (κ1) is 17.0. The average Bonchev–Trinajstić information content (AvgIpc) is 2.48. The minimum absolute atomic E-state index is 0.0480. The maximum Gasteiger partial charge on any atom is 0.261 e. The van der Waals surface area contributed by atoms with Crippen molar-refractivity contribution in [2.75, 3.05) is 4.72 Å². The number of sulfonamides is 1. The van der Waals surface area contributed by atoms with Gasteiger partial charge in [0.05, 0.1) is 11.0 Å². The molecule has 0 radical (unpaired) electrons. The highest BCUT2D eigenvalue weighted by Crippen LogP contribution is 2.21. The van der Waals surface area contributed by atoms with Crippen molar-refractivity contribution in [1.82, 2.24) is 0 Å². The zero-order valence-electron chi connectivity index (χ0n) is 13.2. The third kappa shape index (κ3) is 4.56. The van der Waals surface area contributed by atoms with Crippen LogP contribution in [0.2, 0.25) is 0 Å². The number of carbonyl (C=O) groups excluding carboxylic acids is 1. The van der Waals surface area contributed by atoms with Gasteiger partial charge in [0.1, 0.15) is 5.75 Å². The first-order chi connectivity index (χ1) is 10.8. The van der Waals surface area contributed by atoms with Gasteiger partial charge in [0.2, 0.25) is 0 Å². The van der Waals surface area contributed by atoms with E-state index in [1.165, 1.54) is 19.1 Å². The molecule has 0 unspecified atom stereocenters. The summed E-state index contributed by atoms with van der Waals surface area (Å²) in [5.74, 6) is 0.485. The van der Waals surface area contributed by atoms with Crippen LogP contribution in [0.3, 0.4) is 0 Å². The number of hydrogen-bond acceptors (Lipinski definition) is 4. The van der Waals surface area contributed by atoms with E-state index in [1.807, 2.05) is 13.8 Å². The Labute approximate surface area is 136 Å². The molecule has 0 saturated heterocycles. The smallest absolute Gasteiger partial charge is 0.261 e. The van der Waals surface area contributed by atoms with Crippen LogP contribution in [0.5, 0.6) is 5.75 Å². The SMILES string of the molecule is CC(=O)c1cccc(S(=O)(=O)Nc2ccc(OC(C)C)cc2)c1. The van der Waals surface area contributed by atoms with Gasteiger partial charge in [-0.25, -0.2) is 8.42 Å². The van der Waals surface area contributed by atoms with Crippen molar-refractivity contribution in [2.45, 2.75) is 31.8 Å². The third-order valence-corrected chi connectivity index (χ3v) is 4.41. The fourth-order valence-corrected chi connectivity index (χ4v) is 3.07. The van der Waals surface area contributed by atoms with E-state index in [0.717, 1.165) is 0 Å². The molecule has 0 aromatic heterocycles. The fraction of sp³-hybridized carbons (Fsp3) is 0.235. The highest BCUT2D eigenvalue weighted by molar-refractivity contribution is 7.92. The summed E-state index contributed by atoms with van der Waals surface area (Å²) < 4.78 is 32.8. The van der Waals surface area contributed by atoms with E-state index in [4.69, 9.17) is 4.74 Å². The molecular weight excluding hydrogens is 314 g/mol. The third-order valence-electron chi connectivity index (χ3n) is 3.03. The van der Waals surface area contributed by atoms with Crippen LogP contribution in [0.1, 0.15) is 31.1 Å². The van der Waals surface area contributed by atoms with Gasteiger partial charge < -0.3 is 4.74 Å². The molecule has 0 atom stereocenters. The van der Waals surface area contributed by atoms with Crippen molar-refractivity contribution in [3.8, 4) is 5.75 Å². The van der Waals surface area contributed by atoms with Crippen LogP contribution in [-0.2, 0) is 10.0 Å². The lowest BCUT2D eigenvalue weighted by molar-refractivity contribution is 0.101. The largest absolute Gasteiger partial charge is 0.491 e. The number of ketones is 1. The van der Waals surface area contributed by atoms with Gasteiger partial charge in [0, 0.05) is 11.3 Å². The van der Waals surface area contributed by atoms with E-state index in [2.05, 4.69) is 4.72 Å². The lowest BCUT2D eigenvalue weighted by Crippen LogP contribution is -2.13. The van der Waals surface area contributed by atoms with Crippen LogP contribution < -0.4 is 9.46 Å². The first-order valence-electron chi connectivity index (χ1n) is 7.18. The summed E-state index contributed by atoms with van der Waals surface area (Å²) in [4.78, 5) is 11.4. The van der Waals surface area contributed by atoms with E-state index in [1.54, 1.807) is 36.4 Å². The van der Waals surface area contributed by atoms with Crippen molar-refractivity contribution in [3.63, 3.8) is 0 Å². The molecule has 23 heavy (non-hydrogen) atoms. The van der Waals surface area contributed by atoms with Crippen molar-refractivity contribution in [2.24, 2.45) is 0 Å². The second-order valence-corrected chi connectivity index (χ2v) is 7.06. The number of anilines is 1. The van der Waals surface area contributed by atoms with E-state index >= 15 is 0 Å². The molecule has 0 bridgehead atoms. The van der Waals surface area contributed by atoms with Crippen molar-refractivity contribution in [3.05, 3.63) is 54.1 Å². The minimum atomic E-state index is -3.75. The summed E-state index contributed by atoms with van der Waals surface area (Å²) >= 11 is 0. The number of rotatable bonds is 6. The Morgan fingerprint density at radius 2 is 1.74 bits per heavy atom. The number of carbonyl (C=O) groups is 1. The summed E-state index contributed by atoms with van der Waals surface area (Å²) in [7, 11) is -3.75. The summed E-state index contributed by atoms with van der Waals surface area (Å²) in [6, 6.07) is 12.6. The van der Waals surface area contributed by atoms with Gasteiger partial charge in [-0.1, -0.05) is 12.1 Å². The fourth-order valence-electron chi connectivity index (χ4n) is 1.97. The van der Waals surface area contributed by atoms with E-state index in [9.17, 15) is 13.2 Å². The number of Topliss-reactive ketones (excluding diaryl/α,β-unsaturated/α-hetero) is 1. The van der Waals surface area contributed by atoms with Crippen LogP contribution in [0.15, 0.2) is 53.4 Å². The Morgan fingerprint density at radius 1 is 1.09 bits per heavy atom. The van der Waals surface area contributed by atoms with Crippen LogP contribution in [0.25, 0.3) is 0 Å². The Kier molecular flexibility index (Phi) is 5.05. The monoisotopic (exact) mass is 333 g/mol. The van der Waals surface area contributed by atoms with Crippen molar-refractivity contribution in [1.29, 1.82) is 0 Å². The normalized spacial score (nSPS) is 11.3. The first-order valence-corrected chi connectivity index (χ1v) is 8.67. The van der Waals surface area contributed by atoms with Crippen LogP contribution >= 0.6 is 0 Å². The minimum Gasteiger partial charge on any atom is -0.491 e. The number of nitrogens with one attached hydrogen (secondary N) is 1. The molecule has 1 N–H and O–H groups in total. The van der Waals surface area contributed by atoms with E-state index < -0.39 is 10.0 Å². The van der Waals surface area contributed by atoms with Crippen molar-refractivity contribution >= 4 is 21.5 Å². The van der Waals surface area contributed by atoms with Gasteiger partial charge in [-0.05, 0) is 57.2 Å². The second kappa shape index (κ2) is 6.83. The second-order valence-electron chi connectivity index (χ2n) is 5.38. The standard InChI is InChI=1S/C17H19NO4S/c1-12(2)22-16-9-7-15(8-10-16)18-23(20,21)17-6-4-5-14(11-17)13(3)19/h4-12,18H,1-3H3. The Balaban J connectivity index is 2.21. The lowest BCUT2D eigenvalue weighted by Gasteiger charge is -2.12. The Morgan fingerprint density at radius 3 is 2.30 bits per heavy atom. The molecule has 2 rings (SSSR count). The molecule has 2 aromatic carbocycles. The molecule has 0 saturated carbocycles. The van der Waals surface area contributed by atoms with Gasteiger partial charge in [0.15, 0.2) is 5.78 Å². The number of ether oxygens (including phenoxy) is 1. The zero-order chi connectivity index (χ0) is 17.0. The van der Waals surface area contributed by atoms with E-state index in [-0.39, 0.29) is 16.8 Å². The Hall–Kier alpha value is -2.34. The van der Waals surface area contributed by atoms with Crippen LogP contribution in [-0.4, -0.2) is 20.3 Å². The topological polar surface area (TPSA) is 72.5 Å². The molecular formula is C17H19NO4S. The van der Waals surface area contributed by atoms with Gasteiger partial charge in [-0.2, -0.15) is 0 Å². The average molecular weight is 333 g/mol. The number of hydrogen-bond donors (Lipinski definition) is 1. The molecule has 6 heteroatoms. The molecule has 0 heterocycles. The Bertz CT molecular complexity index is 796. The quantitative estimate of drug-likeness (QED) is 0.822. The molecule has 122 valence electrons. The summed E-state index contributed by atoms with van der Waals surface area (Å²) in [5.41, 5.74) is 0.780. The predicted octanol–water partition coefficient (Wildman–Crippen LogP) is 3.48. The molecule has 0 spiro atoms. The lowest BCUT2D eigenvalue weighted by atomic mass is 10.2. The summed E-state index contributed by atoms with van der Waals surface area (Å²) in [6.07, 6.45) is 0.0480. The maximum absolute atomic E-state index is 12.4. The highest BCUT2D eigenvalue weighted by Gasteiger charge is 2.15. The highest BCUT2D eigenvalue weighted by atomic mass is 32.2. The zero-order valence-corrected chi connectivity index (χ0v) is 14.1.